The van der Waals surface area contributed by atoms with Crippen molar-refractivity contribution in [3.05, 3.63) is 0 Å². The molecule has 0 radical (unpaired) electrons. The predicted octanol–water partition coefficient (Wildman–Crippen LogP) is 1.43. The molecule has 1 amide bonds. The number of methoxy groups -OCH3 is 1. The zero-order valence-corrected chi connectivity index (χ0v) is 15.9. The molecule has 7 nitrogen and oxygen atoms in total. The molecule has 7 heteroatoms. The molecule has 4 aliphatic rings. The fourth-order valence-corrected chi connectivity index (χ4v) is 5.02. The lowest BCUT2D eigenvalue weighted by Crippen LogP contribution is -2.58. The van der Waals surface area contributed by atoms with Gasteiger partial charge >= 0.3 is 5.97 Å². The topological polar surface area (TPSA) is 85.4 Å². The Bertz CT molecular complexity index is 663. The average Bonchev–Trinajstić information content (AvgIpc) is 3.19. The Hall–Kier alpha value is -1.47. The molecule has 4 rings (SSSR count). The van der Waals surface area contributed by atoms with Crippen molar-refractivity contribution >= 4 is 17.7 Å². The highest BCUT2D eigenvalue weighted by atomic mass is 16.6. The number of ketones is 1. The van der Waals surface area contributed by atoms with Crippen molar-refractivity contribution < 1.29 is 28.6 Å². The minimum absolute atomic E-state index is 0.172. The maximum atomic E-state index is 13.5. The van der Waals surface area contributed by atoms with Crippen LogP contribution in [0.3, 0.4) is 0 Å². The van der Waals surface area contributed by atoms with Crippen molar-refractivity contribution in [2.75, 3.05) is 13.7 Å². The van der Waals surface area contributed by atoms with E-state index in [2.05, 4.69) is 0 Å². The summed E-state index contributed by atoms with van der Waals surface area (Å²) in [5.41, 5.74) is -3.68. The van der Waals surface area contributed by atoms with Crippen LogP contribution in [-0.2, 0) is 28.6 Å². The van der Waals surface area contributed by atoms with Gasteiger partial charge in [0.25, 0.3) is 5.91 Å². The van der Waals surface area contributed by atoms with Gasteiger partial charge in [-0.15, -0.1) is 0 Å². The van der Waals surface area contributed by atoms with Gasteiger partial charge in [0, 0.05) is 5.41 Å². The van der Waals surface area contributed by atoms with Crippen molar-refractivity contribution in [3.8, 4) is 0 Å². The third-order valence-corrected chi connectivity index (χ3v) is 6.34. The fraction of sp³-hybridized carbons (Fsp3) is 0.842. The van der Waals surface area contributed by atoms with Crippen LogP contribution in [0, 0.1) is 11.3 Å². The number of rotatable bonds is 2. The Morgan fingerprint density at radius 3 is 2.42 bits per heavy atom. The number of carbonyl (C=O) groups excluding carboxylic acids is 3. The summed E-state index contributed by atoms with van der Waals surface area (Å²) < 4.78 is 16.6. The van der Waals surface area contributed by atoms with E-state index in [4.69, 9.17) is 14.2 Å². The molecule has 1 spiro atoms. The molecule has 3 aliphatic heterocycles. The Morgan fingerprint density at radius 2 is 1.85 bits per heavy atom. The molecule has 0 aromatic heterocycles. The number of carbonyl (C=O) groups is 3. The van der Waals surface area contributed by atoms with E-state index in [1.807, 2.05) is 20.8 Å². The molecule has 0 aromatic rings. The summed E-state index contributed by atoms with van der Waals surface area (Å²) >= 11 is 0. The van der Waals surface area contributed by atoms with Crippen LogP contribution in [-0.4, -0.2) is 59.7 Å². The highest BCUT2D eigenvalue weighted by molar-refractivity contribution is 6.30. The maximum absolute atomic E-state index is 13.5. The van der Waals surface area contributed by atoms with Crippen molar-refractivity contribution in [3.63, 3.8) is 0 Å². The molecular weight excluding hydrogens is 338 g/mol. The van der Waals surface area contributed by atoms with Crippen LogP contribution in [0.25, 0.3) is 0 Å². The first-order valence-electron chi connectivity index (χ1n) is 9.48. The van der Waals surface area contributed by atoms with E-state index in [1.165, 1.54) is 18.4 Å². The first kappa shape index (κ1) is 17.9. The standard InChI is InChI=1S/C19H27NO6/c1-17(2,3)15-20-14(22)19(12(26-19)11-8-6-5-7-9-11)13(21)18(20,10-25-15)16(23)24-4/h11-12,15H,5-10H2,1-4H3/t12?,15-,18-,19?/m1/s1. The van der Waals surface area contributed by atoms with E-state index >= 15 is 0 Å². The predicted molar refractivity (Wildman–Crippen MR) is 90.0 cm³/mol. The summed E-state index contributed by atoms with van der Waals surface area (Å²) in [6, 6.07) is 0. The van der Waals surface area contributed by atoms with E-state index in [0.29, 0.717) is 0 Å². The average molecular weight is 365 g/mol. The second kappa shape index (κ2) is 5.52. The summed E-state index contributed by atoms with van der Waals surface area (Å²) in [6.07, 6.45) is 4.17. The zero-order chi connectivity index (χ0) is 18.9. The number of ether oxygens (including phenoxy) is 3. The highest BCUT2D eigenvalue weighted by Gasteiger charge is 2.85. The molecular formula is C19H27NO6. The first-order valence-corrected chi connectivity index (χ1v) is 9.48. The normalized spacial score (nSPS) is 40.2. The van der Waals surface area contributed by atoms with Crippen LogP contribution in [0.15, 0.2) is 0 Å². The highest BCUT2D eigenvalue weighted by Crippen LogP contribution is 2.57. The third-order valence-electron chi connectivity index (χ3n) is 6.34. The van der Waals surface area contributed by atoms with E-state index in [0.717, 1.165) is 25.7 Å². The van der Waals surface area contributed by atoms with E-state index in [-0.39, 0.29) is 12.5 Å². The van der Waals surface area contributed by atoms with Crippen LogP contribution < -0.4 is 0 Å². The van der Waals surface area contributed by atoms with Crippen molar-refractivity contribution in [2.24, 2.45) is 11.3 Å². The van der Waals surface area contributed by atoms with Gasteiger partial charge in [0.05, 0.1) is 13.7 Å². The summed E-state index contributed by atoms with van der Waals surface area (Å²) in [5.74, 6) is -1.47. The van der Waals surface area contributed by atoms with Crippen LogP contribution in [0.5, 0.6) is 0 Å². The lowest BCUT2D eigenvalue weighted by atomic mass is 9.80. The lowest BCUT2D eigenvalue weighted by molar-refractivity contribution is -0.160. The molecule has 0 bridgehead atoms. The van der Waals surface area contributed by atoms with E-state index in [1.54, 1.807) is 0 Å². The number of Topliss-reactive ketones (excluding diaryl/α,β-unsaturated/α-hetero) is 1. The second-order valence-electron chi connectivity index (χ2n) is 9.06. The molecule has 144 valence electrons. The molecule has 0 N–H and O–H groups in total. The number of esters is 1. The zero-order valence-electron chi connectivity index (χ0n) is 15.9. The summed E-state index contributed by atoms with van der Waals surface area (Å²) in [6.45, 7) is 5.58. The Balaban J connectivity index is 1.74. The quantitative estimate of drug-likeness (QED) is 0.418. The minimum Gasteiger partial charge on any atom is -0.467 e. The van der Waals surface area contributed by atoms with Gasteiger partial charge in [0.15, 0.2) is 0 Å². The van der Waals surface area contributed by atoms with Crippen molar-refractivity contribution in [1.82, 2.24) is 4.90 Å². The van der Waals surface area contributed by atoms with Crippen molar-refractivity contribution in [1.29, 1.82) is 0 Å². The van der Waals surface area contributed by atoms with Gasteiger partial charge in [0.2, 0.25) is 16.9 Å². The van der Waals surface area contributed by atoms with Gasteiger partial charge in [-0.1, -0.05) is 40.0 Å². The monoisotopic (exact) mass is 365 g/mol. The molecule has 26 heavy (non-hydrogen) atoms. The van der Waals surface area contributed by atoms with Gasteiger partial charge in [-0.05, 0) is 18.8 Å². The molecule has 1 saturated carbocycles. The summed E-state index contributed by atoms with van der Waals surface area (Å²) in [4.78, 5) is 40.9. The van der Waals surface area contributed by atoms with E-state index < -0.39 is 46.5 Å². The largest absolute Gasteiger partial charge is 0.467 e. The van der Waals surface area contributed by atoms with Crippen LogP contribution in [0.4, 0.5) is 0 Å². The molecule has 2 unspecified atom stereocenters. The van der Waals surface area contributed by atoms with Gasteiger partial charge in [-0.3, -0.25) is 14.5 Å². The van der Waals surface area contributed by atoms with Gasteiger partial charge in [-0.2, -0.15) is 0 Å². The van der Waals surface area contributed by atoms with Crippen LogP contribution >= 0.6 is 0 Å². The number of fused-ring (bicyclic) bond motifs is 1. The molecule has 3 heterocycles. The summed E-state index contributed by atoms with van der Waals surface area (Å²) in [5, 5.41) is 0. The Morgan fingerprint density at radius 1 is 1.19 bits per heavy atom. The number of nitrogens with zero attached hydrogens (tertiary/aromatic N) is 1. The van der Waals surface area contributed by atoms with Crippen LogP contribution in [0.2, 0.25) is 0 Å². The van der Waals surface area contributed by atoms with Crippen molar-refractivity contribution in [2.45, 2.75) is 76.3 Å². The minimum atomic E-state index is -1.72. The lowest BCUT2D eigenvalue weighted by Gasteiger charge is -2.35. The van der Waals surface area contributed by atoms with E-state index in [9.17, 15) is 14.4 Å². The Labute approximate surface area is 153 Å². The SMILES string of the molecule is COC(=O)[C@]12CO[C@H](C(C)(C)C)N1C(=O)C1(OC1C1CCCCC1)C2=O. The molecule has 4 atom stereocenters. The number of hydrogen-bond donors (Lipinski definition) is 0. The molecule has 0 aromatic carbocycles. The number of hydrogen-bond acceptors (Lipinski definition) is 6. The smallest absolute Gasteiger partial charge is 0.342 e. The number of epoxide rings is 1. The molecule has 1 aliphatic carbocycles. The van der Waals surface area contributed by atoms with Crippen LogP contribution in [0.1, 0.15) is 52.9 Å². The van der Waals surface area contributed by atoms with Gasteiger partial charge in [-0.25, -0.2) is 4.79 Å². The first-order chi connectivity index (χ1) is 12.2. The Kier molecular flexibility index (Phi) is 3.80. The second-order valence-corrected chi connectivity index (χ2v) is 9.06. The number of amides is 1. The fourth-order valence-electron chi connectivity index (χ4n) is 5.02. The van der Waals surface area contributed by atoms with Gasteiger partial charge in [0.1, 0.15) is 12.3 Å². The molecule has 4 fully saturated rings. The molecule has 3 saturated heterocycles. The maximum Gasteiger partial charge on any atom is 0.342 e. The summed E-state index contributed by atoms with van der Waals surface area (Å²) in [7, 11) is 1.23. The third kappa shape index (κ3) is 2.04. The van der Waals surface area contributed by atoms with Gasteiger partial charge < -0.3 is 14.2 Å².